The molecule has 0 spiro atoms. The van der Waals surface area contributed by atoms with Crippen LogP contribution in [0, 0.1) is 0 Å². The number of nitrogens with zero attached hydrogens (tertiary/aromatic N) is 1. The van der Waals surface area contributed by atoms with Gasteiger partial charge in [-0.15, -0.1) is 0 Å². The molecule has 0 N–H and O–H groups in total. The zero-order valence-corrected chi connectivity index (χ0v) is 7.99. The highest BCUT2D eigenvalue weighted by Crippen LogP contribution is 2.23. The molecule has 1 aliphatic heterocycles. The van der Waals surface area contributed by atoms with E-state index in [-0.39, 0.29) is 5.97 Å². The van der Waals surface area contributed by atoms with Crippen molar-refractivity contribution in [2.75, 3.05) is 6.54 Å². The lowest BCUT2D eigenvalue weighted by Crippen LogP contribution is -2.08. The van der Waals surface area contributed by atoms with Crippen LogP contribution in [0.25, 0.3) is 0 Å². The van der Waals surface area contributed by atoms with E-state index >= 15 is 0 Å². The number of rotatable bonds is 1. The summed E-state index contributed by atoms with van der Waals surface area (Å²) in [5, 5.41) is 0. The van der Waals surface area contributed by atoms with Crippen molar-refractivity contribution in [3.05, 3.63) is 29.3 Å². The summed E-state index contributed by atoms with van der Waals surface area (Å²) in [5.41, 5.74) is 2.13. The molecule has 0 aliphatic carbocycles. The molecule has 1 aromatic rings. The standard InChI is InChI=1S/C11H11NO2/c1-8(13)14-11-4-2-3-9-5-6-12-7-10(9)11/h2-4,7H,5-6H2,1H3. The number of carbonyl (C=O) groups excluding carboxylic acids is 1. The van der Waals surface area contributed by atoms with Crippen LogP contribution in [0.5, 0.6) is 5.75 Å². The first kappa shape index (κ1) is 8.94. The SMILES string of the molecule is CC(=O)Oc1cccc2c1C=NCC2. The second-order valence-electron chi connectivity index (χ2n) is 3.21. The molecular formula is C11H11NO2. The average Bonchev–Trinajstić information content (AvgIpc) is 2.18. The molecule has 1 heterocycles. The van der Waals surface area contributed by atoms with Crippen LogP contribution in [-0.4, -0.2) is 18.7 Å². The Bertz CT molecular complexity index is 396. The van der Waals surface area contributed by atoms with Gasteiger partial charge in [0.1, 0.15) is 5.75 Å². The zero-order valence-electron chi connectivity index (χ0n) is 7.99. The number of fused-ring (bicyclic) bond motifs is 1. The molecule has 3 nitrogen and oxygen atoms in total. The van der Waals surface area contributed by atoms with Crippen LogP contribution in [0.2, 0.25) is 0 Å². The first-order valence-electron chi connectivity index (χ1n) is 4.57. The van der Waals surface area contributed by atoms with Crippen molar-refractivity contribution in [2.45, 2.75) is 13.3 Å². The van der Waals surface area contributed by atoms with Gasteiger partial charge in [-0.25, -0.2) is 0 Å². The van der Waals surface area contributed by atoms with Crippen molar-refractivity contribution < 1.29 is 9.53 Å². The van der Waals surface area contributed by atoms with E-state index in [4.69, 9.17) is 4.74 Å². The molecule has 0 bridgehead atoms. The summed E-state index contributed by atoms with van der Waals surface area (Å²) < 4.78 is 5.08. The van der Waals surface area contributed by atoms with E-state index in [0.29, 0.717) is 5.75 Å². The fourth-order valence-electron chi connectivity index (χ4n) is 1.54. The molecular weight excluding hydrogens is 178 g/mol. The van der Waals surface area contributed by atoms with Gasteiger partial charge in [-0.2, -0.15) is 0 Å². The molecule has 0 saturated heterocycles. The highest BCUT2D eigenvalue weighted by Gasteiger charge is 2.11. The second-order valence-corrected chi connectivity index (χ2v) is 3.21. The van der Waals surface area contributed by atoms with Gasteiger partial charge in [0.2, 0.25) is 0 Å². The summed E-state index contributed by atoms with van der Waals surface area (Å²) in [7, 11) is 0. The van der Waals surface area contributed by atoms with Gasteiger partial charge in [0, 0.05) is 25.2 Å². The maximum atomic E-state index is 10.8. The monoisotopic (exact) mass is 189 g/mol. The maximum absolute atomic E-state index is 10.8. The average molecular weight is 189 g/mol. The van der Waals surface area contributed by atoms with Gasteiger partial charge in [-0.05, 0) is 18.1 Å². The largest absolute Gasteiger partial charge is 0.426 e. The molecule has 72 valence electrons. The highest BCUT2D eigenvalue weighted by atomic mass is 16.5. The molecule has 1 aliphatic rings. The first-order valence-corrected chi connectivity index (χ1v) is 4.57. The van der Waals surface area contributed by atoms with Crippen molar-refractivity contribution in [1.29, 1.82) is 0 Å². The summed E-state index contributed by atoms with van der Waals surface area (Å²) in [6.07, 6.45) is 2.69. The van der Waals surface area contributed by atoms with Gasteiger partial charge in [0.25, 0.3) is 0 Å². The van der Waals surface area contributed by atoms with Crippen LogP contribution >= 0.6 is 0 Å². The van der Waals surface area contributed by atoms with E-state index in [1.807, 2.05) is 12.1 Å². The van der Waals surface area contributed by atoms with Crippen molar-refractivity contribution in [3.63, 3.8) is 0 Å². The van der Waals surface area contributed by atoms with Gasteiger partial charge < -0.3 is 4.74 Å². The molecule has 0 fully saturated rings. The predicted molar refractivity (Wildman–Crippen MR) is 53.9 cm³/mol. The number of hydrogen-bond acceptors (Lipinski definition) is 3. The third-order valence-corrected chi connectivity index (χ3v) is 2.14. The topological polar surface area (TPSA) is 38.7 Å². The third kappa shape index (κ3) is 1.66. The third-order valence-electron chi connectivity index (χ3n) is 2.14. The second kappa shape index (κ2) is 3.62. The minimum atomic E-state index is -0.294. The van der Waals surface area contributed by atoms with E-state index in [0.717, 1.165) is 18.5 Å². The van der Waals surface area contributed by atoms with Crippen LogP contribution in [0.4, 0.5) is 0 Å². The Morgan fingerprint density at radius 1 is 1.50 bits per heavy atom. The molecule has 0 unspecified atom stereocenters. The quantitative estimate of drug-likeness (QED) is 0.497. The lowest BCUT2D eigenvalue weighted by Gasteiger charge is -2.13. The van der Waals surface area contributed by atoms with Crippen LogP contribution in [0.3, 0.4) is 0 Å². The Hall–Kier alpha value is -1.64. The lowest BCUT2D eigenvalue weighted by molar-refractivity contribution is -0.131. The zero-order chi connectivity index (χ0) is 9.97. The smallest absolute Gasteiger partial charge is 0.308 e. The van der Waals surface area contributed by atoms with Gasteiger partial charge in [0.15, 0.2) is 0 Å². The molecule has 0 amide bonds. The number of esters is 1. The highest BCUT2D eigenvalue weighted by molar-refractivity contribution is 5.88. The molecule has 1 aromatic carbocycles. The Balaban J connectivity index is 2.42. The summed E-state index contributed by atoms with van der Waals surface area (Å²) in [5.74, 6) is 0.316. The molecule has 0 saturated carbocycles. The van der Waals surface area contributed by atoms with Gasteiger partial charge in [-0.3, -0.25) is 9.79 Å². The summed E-state index contributed by atoms with van der Waals surface area (Å²) in [6.45, 7) is 2.22. The maximum Gasteiger partial charge on any atom is 0.308 e. The number of hydrogen-bond donors (Lipinski definition) is 0. The number of ether oxygens (including phenoxy) is 1. The predicted octanol–water partition coefficient (Wildman–Crippen LogP) is 1.59. The van der Waals surface area contributed by atoms with Gasteiger partial charge in [0.05, 0.1) is 0 Å². The van der Waals surface area contributed by atoms with E-state index in [1.54, 1.807) is 12.3 Å². The van der Waals surface area contributed by atoms with E-state index in [2.05, 4.69) is 4.99 Å². The number of benzene rings is 1. The molecule has 3 heteroatoms. The van der Waals surface area contributed by atoms with Crippen LogP contribution < -0.4 is 4.74 Å². The minimum absolute atomic E-state index is 0.294. The summed E-state index contributed by atoms with van der Waals surface area (Å²) in [6, 6.07) is 5.72. The van der Waals surface area contributed by atoms with Crippen molar-refractivity contribution in [1.82, 2.24) is 0 Å². The molecule has 0 atom stereocenters. The van der Waals surface area contributed by atoms with Gasteiger partial charge in [-0.1, -0.05) is 12.1 Å². The van der Waals surface area contributed by atoms with Crippen molar-refractivity contribution in [3.8, 4) is 5.75 Å². The number of carbonyl (C=O) groups is 1. The van der Waals surface area contributed by atoms with E-state index < -0.39 is 0 Å². The Morgan fingerprint density at radius 3 is 3.14 bits per heavy atom. The Morgan fingerprint density at radius 2 is 2.36 bits per heavy atom. The van der Waals surface area contributed by atoms with Crippen LogP contribution in [0.1, 0.15) is 18.1 Å². The summed E-state index contributed by atoms with van der Waals surface area (Å²) in [4.78, 5) is 15.0. The first-order chi connectivity index (χ1) is 6.77. The fraction of sp³-hybridized carbons (Fsp3) is 0.273. The number of aliphatic imine (C=N–C) groups is 1. The Labute approximate surface area is 82.4 Å². The van der Waals surface area contributed by atoms with E-state index in [9.17, 15) is 4.79 Å². The normalized spacial score (nSPS) is 13.5. The summed E-state index contributed by atoms with van der Waals surface area (Å²) >= 11 is 0. The minimum Gasteiger partial charge on any atom is -0.426 e. The van der Waals surface area contributed by atoms with Crippen molar-refractivity contribution in [2.24, 2.45) is 4.99 Å². The molecule has 0 radical (unpaired) electrons. The molecule has 2 rings (SSSR count). The van der Waals surface area contributed by atoms with Crippen LogP contribution in [0.15, 0.2) is 23.2 Å². The Kier molecular flexibility index (Phi) is 2.31. The van der Waals surface area contributed by atoms with E-state index in [1.165, 1.54) is 12.5 Å². The van der Waals surface area contributed by atoms with Gasteiger partial charge >= 0.3 is 5.97 Å². The molecule has 0 aromatic heterocycles. The fourth-order valence-corrected chi connectivity index (χ4v) is 1.54. The molecule has 14 heavy (non-hydrogen) atoms. The lowest BCUT2D eigenvalue weighted by atomic mass is 10.0. The van der Waals surface area contributed by atoms with Crippen LogP contribution in [-0.2, 0) is 11.2 Å². The van der Waals surface area contributed by atoms with Crippen molar-refractivity contribution >= 4 is 12.2 Å².